The van der Waals surface area contributed by atoms with Crippen molar-refractivity contribution >= 4 is 0 Å². The smallest absolute Gasteiger partial charge is 0.0385 e. The molecule has 1 aromatic rings. The number of aromatic nitrogens is 1. The van der Waals surface area contributed by atoms with E-state index in [0.29, 0.717) is 6.04 Å². The van der Waals surface area contributed by atoms with E-state index in [4.69, 9.17) is 0 Å². The van der Waals surface area contributed by atoms with Gasteiger partial charge in [0.05, 0.1) is 0 Å². The fourth-order valence-electron chi connectivity index (χ4n) is 2.99. The van der Waals surface area contributed by atoms with Gasteiger partial charge in [-0.25, -0.2) is 0 Å². The summed E-state index contributed by atoms with van der Waals surface area (Å²) in [5.74, 6) is 0.813. The number of pyridine rings is 1. The summed E-state index contributed by atoms with van der Waals surface area (Å²) in [6.45, 7) is 0. The molecule has 1 aliphatic carbocycles. The monoisotopic (exact) mass is 218 g/mol. The molecular weight excluding hydrogens is 196 g/mol. The largest absolute Gasteiger partial charge is 0.302 e. The molecule has 2 heteroatoms. The summed E-state index contributed by atoms with van der Waals surface area (Å²) in [5.41, 5.74) is 1.37. The van der Waals surface area contributed by atoms with Gasteiger partial charge in [-0.1, -0.05) is 25.3 Å². The fraction of sp³-hybridized carbons (Fsp3) is 0.643. The molecule has 0 aromatic carbocycles. The average molecular weight is 218 g/mol. The van der Waals surface area contributed by atoms with Crippen LogP contribution in [0.2, 0.25) is 0 Å². The second-order valence-corrected chi connectivity index (χ2v) is 5.09. The van der Waals surface area contributed by atoms with Crippen molar-refractivity contribution in [3.8, 4) is 0 Å². The zero-order valence-electron chi connectivity index (χ0n) is 10.4. The number of rotatable bonds is 3. The summed E-state index contributed by atoms with van der Waals surface area (Å²) in [5, 5.41) is 0. The van der Waals surface area contributed by atoms with Crippen LogP contribution in [0.5, 0.6) is 0 Å². The summed E-state index contributed by atoms with van der Waals surface area (Å²) < 4.78 is 0. The molecule has 1 saturated carbocycles. The third kappa shape index (κ3) is 2.62. The van der Waals surface area contributed by atoms with Crippen LogP contribution in [0.3, 0.4) is 0 Å². The number of nitrogens with zero attached hydrogens (tertiary/aromatic N) is 2. The van der Waals surface area contributed by atoms with Gasteiger partial charge < -0.3 is 4.90 Å². The van der Waals surface area contributed by atoms with E-state index < -0.39 is 0 Å². The molecule has 0 amide bonds. The molecule has 0 aliphatic heterocycles. The van der Waals surface area contributed by atoms with Gasteiger partial charge in [-0.05, 0) is 44.5 Å². The molecule has 1 aromatic heterocycles. The first-order chi connectivity index (χ1) is 7.79. The van der Waals surface area contributed by atoms with Gasteiger partial charge in [0.25, 0.3) is 0 Å². The first-order valence-electron chi connectivity index (χ1n) is 6.35. The quantitative estimate of drug-likeness (QED) is 0.774. The summed E-state index contributed by atoms with van der Waals surface area (Å²) in [6.07, 6.45) is 10.8. The van der Waals surface area contributed by atoms with E-state index in [-0.39, 0.29) is 0 Å². The summed E-state index contributed by atoms with van der Waals surface area (Å²) >= 11 is 0. The standard InChI is InChI=1S/C14H22N2/c1-16(2)14(12-7-4-3-5-8-12)13-9-6-10-15-11-13/h6,9-12,14H,3-5,7-8H2,1-2H3. The molecule has 0 saturated heterocycles. The lowest BCUT2D eigenvalue weighted by Crippen LogP contribution is -2.29. The van der Waals surface area contributed by atoms with Gasteiger partial charge in [0.2, 0.25) is 0 Å². The van der Waals surface area contributed by atoms with Gasteiger partial charge in [0.1, 0.15) is 0 Å². The van der Waals surface area contributed by atoms with Gasteiger partial charge in [-0.15, -0.1) is 0 Å². The van der Waals surface area contributed by atoms with E-state index in [9.17, 15) is 0 Å². The third-order valence-electron chi connectivity index (χ3n) is 3.68. The minimum absolute atomic E-state index is 0.550. The molecular formula is C14H22N2. The molecule has 0 N–H and O–H groups in total. The first-order valence-corrected chi connectivity index (χ1v) is 6.35. The van der Waals surface area contributed by atoms with Gasteiger partial charge in [-0.3, -0.25) is 4.98 Å². The Balaban J connectivity index is 2.16. The summed E-state index contributed by atoms with van der Waals surface area (Å²) in [4.78, 5) is 6.61. The molecule has 1 atom stereocenters. The van der Waals surface area contributed by atoms with E-state index in [1.807, 2.05) is 12.4 Å². The molecule has 1 unspecified atom stereocenters. The van der Waals surface area contributed by atoms with Crippen molar-refractivity contribution in [3.63, 3.8) is 0 Å². The van der Waals surface area contributed by atoms with Crippen LogP contribution in [0.25, 0.3) is 0 Å². The van der Waals surface area contributed by atoms with E-state index in [1.54, 1.807) is 0 Å². The van der Waals surface area contributed by atoms with Crippen molar-refractivity contribution < 1.29 is 0 Å². The van der Waals surface area contributed by atoms with E-state index >= 15 is 0 Å². The predicted octanol–water partition coefficient (Wildman–Crippen LogP) is 3.26. The topological polar surface area (TPSA) is 16.1 Å². The van der Waals surface area contributed by atoms with Crippen molar-refractivity contribution in [3.05, 3.63) is 30.1 Å². The highest BCUT2D eigenvalue weighted by molar-refractivity contribution is 5.15. The molecule has 16 heavy (non-hydrogen) atoms. The molecule has 0 radical (unpaired) electrons. The van der Waals surface area contributed by atoms with Crippen LogP contribution < -0.4 is 0 Å². The van der Waals surface area contributed by atoms with E-state index in [0.717, 1.165) is 5.92 Å². The Labute approximate surface area is 98.7 Å². The molecule has 1 heterocycles. The van der Waals surface area contributed by atoms with Crippen LogP contribution in [-0.2, 0) is 0 Å². The maximum atomic E-state index is 4.26. The van der Waals surface area contributed by atoms with Crippen LogP contribution in [0.4, 0.5) is 0 Å². The van der Waals surface area contributed by atoms with Crippen LogP contribution in [-0.4, -0.2) is 24.0 Å². The molecule has 2 nitrogen and oxygen atoms in total. The highest BCUT2D eigenvalue weighted by Gasteiger charge is 2.26. The Morgan fingerprint density at radius 3 is 2.56 bits per heavy atom. The molecule has 0 bridgehead atoms. The lowest BCUT2D eigenvalue weighted by Gasteiger charge is -2.35. The Morgan fingerprint density at radius 2 is 2.00 bits per heavy atom. The van der Waals surface area contributed by atoms with Crippen LogP contribution in [0.15, 0.2) is 24.5 Å². The van der Waals surface area contributed by atoms with Gasteiger partial charge >= 0.3 is 0 Å². The minimum atomic E-state index is 0.550. The Hall–Kier alpha value is -0.890. The lowest BCUT2D eigenvalue weighted by atomic mass is 9.81. The van der Waals surface area contributed by atoms with E-state index in [1.165, 1.54) is 37.7 Å². The zero-order chi connectivity index (χ0) is 11.4. The molecule has 88 valence electrons. The maximum absolute atomic E-state index is 4.26. The first kappa shape index (κ1) is 11.6. The summed E-state index contributed by atoms with van der Waals surface area (Å²) in [7, 11) is 4.37. The number of hydrogen-bond acceptors (Lipinski definition) is 2. The molecule has 1 aliphatic rings. The molecule has 1 fully saturated rings. The summed E-state index contributed by atoms with van der Waals surface area (Å²) in [6, 6.07) is 4.81. The van der Waals surface area contributed by atoms with Crippen molar-refractivity contribution in [2.24, 2.45) is 5.92 Å². The van der Waals surface area contributed by atoms with Gasteiger partial charge in [0.15, 0.2) is 0 Å². The van der Waals surface area contributed by atoms with Crippen molar-refractivity contribution in [1.29, 1.82) is 0 Å². The normalized spacial score (nSPS) is 19.9. The fourth-order valence-corrected chi connectivity index (χ4v) is 2.99. The van der Waals surface area contributed by atoms with Gasteiger partial charge in [0, 0.05) is 18.4 Å². The SMILES string of the molecule is CN(C)C(c1cccnc1)C1CCCCC1. The van der Waals surface area contributed by atoms with Crippen LogP contribution in [0.1, 0.15) is 43.7 Å². The zero-order valence-corrected chi connectivity index (χ0v) is 10.4. The Morgan fingerprint density at radius 1 is 1.25 bits per heavy atom. The lowest BCUT2D eigenvalue weighted by molar-refractivity contribution is 0.171. The predicted molar refractivity (Wildman–Crippen MR) is 67.2 cm³/mol. The van der Waals surface area contributed by atoms with Crippen molar-refractivity contribution in [2.45, 2.75) is 38.1 Å². The van der Waals surface area contributed by atoms with Gasteiger partial charge in [-0.2, -0.15) is 0 Å². The van der Waals surface area contributed by atoms with Crippen molar-refractivity contribution in [1.82, 2.24) is 9.88 Å². The molecule has 2 rings (SSSR count). The third-order valence-corrected chi connectivity index (χ3v) is 3.68. The highest BCUT2D eigenvalue weighted by Crippen LogP contribution is 2.36. The van der Waals surface area contributed by atoms with Crippen LogP contribution >= 0.6 is 0 Å². The minimum Gasteiger partial charge on any atom is -0.302 e. The van der Waals surface area contributed by atoms with Crippen LogP contribution in [0, 0.1) is 5.92 Å². The Kier molecular flexibility index (Phi) is 3.94. The van der Waals surface area contributed by atoms with Crippen molar-refractivity contribution in [2.75, 3.05) is 14.1 Å². The second kappa shape index (κ2) is 5.44. The average Bonchev–Trinajstić information content (AvgIpc) is 2.31. The maximum Gasteiger partial charge on any atom is 0.0385 e. The van der Waals surface area contributed by atoms with E-state index in [2.05, 4.69) is 36.1 Å². The molecule has 0 spiro atoms. The Bertz CT molecular complexity index is 302. The number of hydrogen-bond donors (Lipinski definition) is 0. The second-order valence-electron chi connectivity index (χ2n) is 5.09. The highest BCUT2D eigenvalue weighted by atomic mass is 15.1.